The highest BCUT2D eigenvalue weighted by atomic mass is 35.5. The maximum absolute atomic E-state index is 12.6. The molecule has 0 bridgehead atoms. The topological polar surface area (TPSA) is 81.7 Å². The van der Waals surface area contributed by atoms with Crippen molar-refractivity contribution in [3.8, 4) is 5.75 Å². The molecule has 2 aromatic rings. The van der Waals surface area contributed by atoms with Gasteiger partial charge in [-0.25, -0.2) is 13.2 Å². The van der Waals surface area contributed by atoms with E-state index in [1.165, 1.54) is 25.3 Å². The Bertz CT molecular complexity index is 851. The number of carbonyl (C=O) groups is 1. The summed E-state index contributed by atoms with van der Waals surface area (Å²) in [5, 5.41) is -0.00360. The monoisotopic (exact) mass is 369 g/mol. The summed E-state index contributed by atoms with van der Waals surface area (Å²) < 4.78 is 37.5. The number of nitrogens with one attached hydrogen (secondary N) is 1. The van der Waals surface area contributed by atoms with E-state index in [2.05, 4.69) is 9.46 Å². The van der Waals surface area contributed by atoms with E-state index in [0.717, 1.165) is 0 Å². The van der Waals surface area contributed by atoms with E-state index in [9.17, 15) is 13.2 Å². The van der Waals surface area contributed by atoms with Gasteiger partial charge in [0.1, 0.15) is 10.6 Å². The number of carbonyl (C=O) groups excluding carboxylic acids is 1. The first-order chi connectivity index (χ1) is 11.4. The zero-order chi connectivity index (χ0) is 17.7. The molecule has 8 heteroatoms. The first-order valence-corrected chi connectivity index (χ1v) is 8.87. The summed E-state index contributed by atoms with van der Waals surface area (Å²) in [6, 6.07) is 10.4. The summed E-state index contributed by atoms with van der Waals surface area (Å²) in [7, 11) is -2.77. The van der Waals surface area contributed by atoms with Crippen molar-refractivity contribution >= 4 is 33.3 Å². The molecule has 0 aliphatic heterocycles. The third-order valence-corrected chi connectivity index (χ3v) is 4.90. The van der Waals surface area contributed by atoms with Gasteiger partial charge in [0.2, 0.25) is 0 Å². The van der Waals surface area contributed by atoms with Gasteiger partial charge in [0.15, 0.2) is 0 Å². The second-order valence-corrected chi connectivity index (χ2v) is 6.76. The average Bonchev–Trinajstić information content (AvgIpc) is 2.54. The van der Waals surface area contributed by atoms with Gasteiger partial charge in [-0.05, 0) is 37.3 Å². The molecule has 2 rings (SSSR count). The van der Waals surface area contributed by atoms with Crippen LogP contribution in [0.4, 0.5) is 5.69 Å². The van der Waals surface area contributed by atoms with Crippen molar-refractivity contribution in [3.63, 3.8) is 0 Å². The van der Waals surface area contributed by atoms with Gasteiger partial charge < -0.3 is 9.47 Å². The van der Waals surface area contributed by atoms with Crippen molar-refractivity contribution in [2.75, 3.05) is 18.4 Å². The van der Waals surface area contributed by atoms with Crippen molar-refractivity contribution in [2.45, 2.75) is 11.8 Å². The lowest BCUT2D eigenvalue weighted by Crippen LogP contribution is -2.14. The molecule has 0 fully saturated rings. The summed E-state index contributed by atoms with van der Waals surface area (Å²) >= 11 is 5.98. The second kappa shape index (κ2) is 7.55. The first-order valence-electron chi connectivity index (χ1n) is 7.01. The summed E-state index contributed by atoms with van der Waals surface area (Å²) in [5.41, 5.74) is 0.408. The van der Waals surface area contributed by atoms with E-state index in [1.54, 1.807) is 24.3 Å². The van der Waals surface area contributed by atoms with Gasteiger partial charge in [-0.1, -0.05) is 17.7 Å². The van der Waals surface area contributed by atoms with Crippen molar-refractivity contribution in [1.29, 1.82) is 0 Å². The smallest absolute Gasteiger partial charge is 0.337 e. The fourth-order valence-electron chi connectivity index (χ4n) is 1.98. The molecule has 0 aliphatic rings. The Hall–Kier alpha value is -2.25. The number of hydrogen-bond donors (Lipinski definition) is 1. The van der Waals surface area contributed by atoms with Gasteiger partial charge in [0.05, 0.1) is 30.0 Å². The second-order valence-electron chi connectivity index (χ2n) is 4.70. The number of sulfonamides is 1. The maximum atomic E-state index is 12.6. The SMILES string of the molecule is CCOc1cccc(NS(=O)(=O)c2cc(C(=O)OC)ccc2Cl)c1. The van der Waals surface area contributed by atoms with Crippen molar-refractivity contribution in [3.05, 3.63) is 53.1 Å². The molecule has 0 unspecified atom stereocenters. The predicted octanol–water partition coefficient (Wildman–Crippen LogP) is 3.33. The number of esters is 1. The van der Waals surface area contributed by atoms with Crippen LogP contribution < -0.4 is 9.46 Å². The van der Waals surface area contributed by atoms with Gasteiger partial charge in [0.25, 0.3) is 10.0 Å². The molecule has 1 N–H and O–H groups in total. The molecule has 0 saturated heterocycles. The van der Waals surface area contributed by atoms with E-state index in [4.69, 9.17) is 16.3 Å². The normalized spacial score (nSPS) is 11.0. The third-order valence-electron chi connectivity index (χ3n) is 3.04. The van der Waals surface area contributed by atoms with Crippen LogP contribution in [-0.4, -0.2) is 28.1 Å². The largest absolute Gasteiger partial charge is 0.494 e. The quantitative estimate of drug-likeness (QED) is 0.790. The number of hydrogen-bond acceptors (Lipinski definition) is 5. The van der Waals surface area contributed by atoms with E-state index in [0.29, 0.717) is 18.0 Å². The number of ether oxygens (including phenoxy) is 2. The fraction of sp³-hybridized carbons (Fsp3) is 0.188. The van der Waals surface area contributed by atoms with Crippen molar-refractivity contribution < 1.29 is 22.7 Å². The predicted molar refractivity (Wildman–Crippen MR) is 91.2 cm³/mol. The lowest BCUT2D eigenvalue weighted by Gasteiger charge is -2.12. The van der Waals surface area contributed by atoms with E-state index < -0.39 is 16.0 Å². The highest BCUT2D eigenvalue weighted by Gasteiger charge is 2.21. The standard InChI is InChI=1S/C16H16ClNO5S/c1-3-23-13-6-4-5-12(10-13)18-24(20,21)15-9-11(16(19)22-2)7-8-14(15)17/h4-10,18H,3H2,1-2H3. The highest BCUT2D eigenvalue weighted by molar-refractivity contribution is 7.92. The molecular weight excluding hydrogens is 354 g/mol. The molecule has 0 atom stereocenters. The summed E-state index contributed by atoms with van der Waals surface area (Å²) in [4.78, 5) is 11.4. The molecule has 0 amide bonds. The van der Waals surface area contributed by atoms with Crippen molar-refractivity contribution in [2.24, 2.45) is 0 Å². The van der Waals surface area contributed by atoms with E-state index in [1.807, 2.05) is 6.92 Å². The summed E-state index contributed by atoms with van der Waals surface area (Å²) in [6.45, 7) is 2.29. The molecule has 2 aromatic carbocycles. The number of rotatable bonds is 6. The molecule has 0 heterocycles. The molecule has 6 nitrogen and oxygen atoms in total. The van der Waals surface area contributed by atoms with Crippen LogP contribution in [0.1, 0.15) is 17.3 Å². The van der Waals surface area contributed by atoms with E-state index in [-0.39, 0.29) is 15.5 Å². The summed E-state index contributed by atoms with van der Waals surface area (Å²) in [5.74, 6) is -0.117. The molecule has 128 valence electrons. The minimum Gasteiger partial charge on any atom is -0.494 e. The number of anilines is 1. The zero-order valence-electron chi connectivity index (χ0n) is 13.1. The lowest BCUT2D eigenvalue weighted by atomic mass is 10.2. The Kier molecular flexibility index (Phi) is 5.69. The van der Waals surface area contributed by atoms with Crippen LogP contribution >= 0.6 is 11.6 Å². The van der Waals surface area contributed by atoms with Crippen molar-refractivity contribution in [1.82, 2.24) is 0 Å². The Morgan fingerprint density at radius 3 is 2.62 bits per heavy atom. The Morgan fingerprint density at radius 2 is 1.96 bits per heavy atom. The molecule has 0 saturated carbocycles. The molecule has 24 heavy (non-hydrogen) atoms. The molecule has 0 radical (unpaired) electrons. The van der Waals surface area contributed by atoms with E-state index >= 15 is 0 Å². The number of benzene rings is 2. The van der Waals surface area contributed by atoms with Crippen LogP contribution in [-0.2, 0) is 14.8 Å². The van der Waals surface area contributed by atoms with Crippen LogP contribution in [0.15, 0.2) is 47.4 Å². The zero-order valence-corrected chi connectivity index (χ0v) is 14.6. The Labute approximate surface area is 145 Å². The molecule has 0 aliphatic carbocycles. The molecule has 0 aromatic heterocycles. The minimum atomic E-state index is -3.99. The van der Waals surface area contributed by atoms with Gasteiger partial charge in [-0.2, -0.15) is 0 Å². The number of methoxy groups -OCH3 is 1. The van der Waals surface area contributed by atoms with Gasteiger partial charge >= 0.3 is 5.97 Å². The highest BCUT2D eigenvalue weighted by Crippen LogP contribution is 2.26. The van der Waals surface area contributed by atoms with Crippen LogP contribution in [0.5, 0.6) is 5.75 Å². The van der Waals surface area contributed by atoms with Gasteiger partial charge in [-0.3, -0.25) is 4.72 Å². The third kappa shape index (κ3) is 4.18. The van der Waals surface area contributed by atoms with Crippen LogP contribution in [0.25, 0.3) is 0 Å². The summed E-state index contributed by atoms with van der Waals surface area (Å²) in [6.07, 6.45) is 0. The first kappa shape index (κ1) is 18.1. The van der Waals surface area contributed by atoms with Crippen LogP contribution in [0.3, 0.4) is 0 Å². The number of halogens is 1. The minimum absolute atomic E-state index is 0.00360. The van der Waals surface area contributed by atoms with Gasteiger partial charge in [0, 0.05) is 6.07 Å². The van der Waals surface area contributed by atoms with Crippen LogP contribution in [0, 0.1) is 0 Å². The molecular formula is C16H16ClNO5S. The Morgan fingerprint density at radius 1 is 1.21 bits per heavy atom. The Balaban J connectivity index is 2.37. The maximum Gasteiger partial charge on any atom is 0.337 e. The molecule has 0 spiro atoms. The van der Waals surface area contributed by atoms with Gasteiger partial charge in [-0.15, -0.1) is 0 Å². The lowest BCUT2D eigenvalue weighted by molar-refractivity contribution is 0.0600. The average molecular weight is 370 g/mol. The fourth-order valence-corrected chi connectivity index (χ4v) is 3.56. The van der Waals surface area contributed by atoms with Crippen LogP contribution in [0.2, 0.25) is 5.02 Å².